The molecule has 8 heteroatoms. The molecule has 0 aromatic heterocycles. The summed E-state index contributed by atoms with van der Waals surface area (Å²) < 4.78 is 19.4. The lowest BCUT2D eigenvalue weighted by atomic mass is 9.97. The number of hydrogen-bond donors (Lipinski definition) is 3. The summed E-state index contributed by atoms with van der Waals surface area (Å²) in [6.07, 6.45) is 1.45. The van der Waals surface area contributed by atoms with E-state index >= 15 is 0 Å². The molecule has 2 rings (SSSR count). The molecule has 0 atom stereocenters. The van der Waals surface area contributed by atoms with Crippen molar-refractivity contribution in [3.8, 4) is 0 Å². The van der Waals surface area contributed by atoms with Crippen molar-refractivity contribution < 1.29 is 13.9 Å². The molecular weight excluding hydrogens is 355 g/mol. The molecule has 4 N–H and O–H groups in total. The van der Waals surface area contributed by atoms with E-state index in [2.05, 4.69) is 10.6 Å². The van der Waals surface area contributed by atoms with Crippen LogP contribution in [0.4, 0.5) is 20.6 Å². The fraction of sp³-hybridized carbons (Fsp3) is 0.556. The highest BCUT2D eigenvalue weighted by Crippen LogP contribution is 2.26. The summed E-state index contributed by atoms with van der Waals surface area (Å²) in [4.78, 5) is 13.8. The summed E-state index contributed by atoms with van der Waals surface area (Å²) in [6.45, 7) is 7.57. The number of amides is 1. The number of hydrogen-bond acceptors (Lipinski definition) is 4. The molecule has 0 bridgehead atoms. The highest BCUT2D eigenvalue weighted by Gasteiger charge is 2.26. The van der Waals surface area contributed by atoms with Crippen LogP contribution >= 0.6 is 12.2 Å². The van der Waals surface area contributed by atoms with Crippen molar-refractivity contribution in [3.05, 3.63) is 24.0 Å². The maximum Gasteiger partial charge on any atom is 0.410 e. The number of carbonyl (C=O) groups is 1. The average Bonchev–Trinajstić information content (AvgIpc) is 2.54. The third-order valence-corrected chi connectivity index (χ3v) is 4.21. The molecule has 144 valence electrons. The Bertz CT molecular complexity index is 655. The van der Waals surface area contributed by atoms with Gasteiger partial charge < -0.3 is 26.0 Å². The molecule has 1 aliphatic rings. The highest BCUT2D eigenvalue weighted by molar-refractivity contribution is 7.80. The first-order valence-electron chi connectivity index (χ1n) is 8.72. The second-order valence-corrected chi connectivity index (χ2v) is 7.88. The normalized spacial score (nSPS) is 15.5. The number of thiocarbonyl (C=S) groups is 1. The van der Waals surface area contributed by atoms with Gasteiger partial charge >= 0.3 is 6.09 Å². The van der Waals surface area contributed by atoms with Crippen molar-refractivity contribution in [2.24, 2.45) is 11.7 Å². The minimum Gasteiger partial charge on any atom is -0.444 e. The SMILES string of the molecule is CC(C)(C)OC(=O)N1CCC(CNc2cccc(F)c2NC(N)=S)CC1. The fourth-order valence-electron chi connectivity index (χ4n) is 2.82. The zero-order valence-electron chi connectivity index (χ0n) is 15.5. The van der Waals surface area contributed by atoms with E-state index < -0.39 is 11.4 Å². The molecule has 1 saturated heterocycles. The van der Waals surface area contributed by atoms with Crippen LogP contribution in [-0.2, 0) is 4.74 Å². The summed E-state index contributed by atoms with van der Waals surface area (Å²) in [5, 5.41) is 5.95. The van der Waals surface area contributed by atoms with Gasteiger partial charge in [-0.05, 0) is 63.9 Å². The maximum atomic E-state index is 14.0. The molecule has 1 aliphatic heterocycles. The van der Waals surface area contributed by atoms with Crippen molar-refractivity contribution >= 4 is 34.8 Å². The largest absolute Gasteiger partial charge is 0.444 e. The number of nitrogens with one attached hydrogen (secondary N) is 2. The van der Waals surface area contributed by atoms with Crippen LogP contribution in [0.3, 0.4) is 0 Å². The molecule has 0 spiro atoms. The van der Waals surface area contributed by atoms with Crippen LogP contribution in [0.2, 0.25) is 0 Å². The van der Waals surface area contributed by atoms with Gasteiger partial charge in [0.05, 0.1) is 11.4 Å². The van der Waals surface area contributed by atoms with Gasteiger partial charge in [-0.3, -0.25) is 0 Å². The van der Waals surface area contributed by atoms with Crippen LogP contribution in [0.1, 0.15) is 33.6 Å². The number of halogens is 1. The van der Waals surface area contributed by atoms with E-state index in [1.165, 1.54) is 6.07 Å². The molecule has 0 aliphatic carbocycles. The van der Waals surface area contributed by atoms with Crippen LogP contribution in [0.15, 0.2) is 18.2 Å². The molecule has 26 heavy (non-hydrogen) atoms. The van der Waals surface area contributed by atoms with Crippen molar-refractivity contribution in [2.75, 3.05) is 30.3 Å². The predicted octanol–water partition coefficient (Wildman–Crippen LogP) is 3.54. The van der Waals surface area contributed by atoms with Gasteiger partial charge in [0, 0.05) is 19.6 Å². The number of piperidine rings is 1. The molecule has 0 saturated carbocycles. The lowest BCUT2D eigenvalue weighted by Crippen LogP contribution is -2.42. The number of anilines is 2. The van der Waals surface area contributed by atoms with Gasteiger partial charge in [-0.1, -0.05) is 6.07 Å². The van der Waals surface area contributed by atoms with Gasteiger partial charge in [-0.25, -0.2) is 9.18 Å². The molecule has 0 radical (unpaired) electrons. The number of carbonyl (C=O) groups excluding carboxylic acids is 1. The molecule has 1 heterocycles. The lowest BCUT2D eigenvalue weighted by molar-refractivity contribution is 0.0188. The number of para-hydroxylation sites is 1. The minimum atomic E-state index is -0.486. The Morgan fingerprint density at radius 1 is 1.38 bits per heavy atom. The highest BCUT2D eigenvalue weighted by atomic mass is 32.1. The Balaban J connectivity index is 1.86. The standard InChI is InChI=1S/C18H27FN4O2S/c1-18(2,3)25-17(24)23-9-7-12(8-10-23)11-21-14-6-4-5-13(19)15(14)22-16(20)26/h4-6,12,21H,7-11H2,1-3H3,(H3,20,22,26). The van der Waals surface area contributed by atoms with E-state index in [1.54, 1.807) is 17.0 Å². The van der Waals surface area contributed by atoms with E-state index in [-0.39, 0.29) is 16.9 Å². The van der Waals surface area contributed by atoms with Gasteiger partial charge in [-0.15, -0.1) is 0 Å². The van der Waals surface area contributed by atoms with E-state index in [9.17, 15) is 9.18 Å². The topological polar surface area (TPSA) is 79.6 Å². The number of nitrogens with two attached hydrogens (primary N) is 1. The Labute approximate surface area is 159 Å². The zero-order valence-corrected chi connectivity index (χ0v) is 16.3. The van der Waals surface area contributed by atoms with Gasteiger partial charge in [0.1, 0.15) is 11.4 Å². The van der Waals surface area contributed by atoms with Gasteiger partial charge in [-0.2, -0.15) is 0 Å². The third kappa shape index (κ3) is 6.01. The van der Waals surface area contributed by atoms with Crippen molar-refractivity contribution in [1.29, 1.82) is 0 Å². The van der Waals surface area contributed by atoms with Crippen LogP contribution < -0.4 is 16.4 Å². The summed E-state index contributed by atoms with van der Waals surface area (Å²) in [5.74, 6) is -0.0304. The number of likely N-dealkylation sites (tertiary alicyclic amines) is 1. The Morgan fingerprint density at radius 2 is 2.04 bits per heavy atom. The van der Waals surface area contributed by atoms with Crippen molar-refractivity contribution in [2.45, 2.75) is 39.2 Å². The third-order valence-electron chi connectivity index (χ3n) is 4.11. The summed E-state index contributed by atoms with van der Waals surface area (Å²) in [6, 6.07) is 4.76. The van der Waals surface area contributed by atoms with Crippen LogP contribution in [-0.4, -0.2) is 41.3 Å². The minimum absolute atomic E-state index is 0.0174. The van der Waals surface area contributed by atoms with Crippen LogP contribution in [0.5, 0.6) is 0 Å². The van der Waals surface area contributed by atoms with Crippen LogP contribution in [0.25, 0.3) is 0 Å². The fourth-order valence-corrected chi connectivity index (χ4v) is 2.92. The monoisotopic (exact) mass is 382 g/mol. The number of rotatable bonds is 4. The molecule has 1 fully saturated rings. The maximum absolute atomic E-state index is 14.0. The quantitative estimate of drug-likeness (QED) is 0.691. The molecule has 1 amide bonds. The zero-order chi connectivity index (χ0) is 19.3. The first kappa shape index (κ1) is 20.2. The number of nitrogens with zero attached hydrogens (tertiary/aromatic N) is 1. The lowest BCUT2D eigenvalue weighted by Gasteiger charge is -2.33. The molecule has 1 aromatic rings. The molecular formula is C18H27FN4O2S. The molecule has 0 unspecified atom stereocenters. The first-order chi connectivity index (χ1) is 12.2. The summed E-state index contributed by atoms with van der Waals surface area (Å²) >= 11 is 4.80. The van der Waals surface area contributed by atoms with E-state index in [0.29, 0.717) is 31.2 Å². The van der Waals surface area contributed by atoms with Crippen LogP contribution in [0, 0.1) is 11.7 Å². The predicted molar refractivity (Wildman–Crippen MR) is 106 cm³/mol. The van der Waals surface area contributed by atoms with Crippen molar-refractivity contribution in [1.82, 2.24) is 4.90 Å². The Morgan fingerprint density at radius 3 is 2.62 bits per heavy atom. The average molecular weight is 383 g/mol. The summed E-state index contributed by atoms with van der Waals surface area (Å²) in [7, 11) is 0. The number of benzene rings is 1. The Kier molecular flexibility index (Phi) is 6.63. The molecule has 6 nitrogen and oxygen atoms in total. The second kappa shape index (κ2) is 8.53. The summed E-state index contributed by atoms with van der Waals surface area (Å²) in [5.41, 5.74) is 5.85. The van der Waals surface area contributed by atoms with E-state index in [0.717, 1.165) is 12.8 Å². The van der Waals surface area contributed by atoms with E-state index in [4.69, 9.17) is 22.7 Å². The second-order valence-electron chi connectivity index (χ2n) is 7.44. The van der Waals surface area contributed by atoms with Gasteiger partial charge in [0.25, 0.3) is 0 Å². The van der Waals surface area contributed by atoms with Gasteiger partial charge in [0.2, 0.25) is 0 Å². The number of ether oxygens (including phenoxy) is 1. The Hall–Kier alpha value is -2.09. The molecule has 1 aromatic carbocycles. The first-order valence-corrected chi connectivity index (χ1v) is 9.13. The smallest absolute Gasteiger partial charge is 0.410 e. The van der Waals surface area contributed by atoms with Gasteiger partial charge in [0.15, 0.2) is 5.11 Å². The van der Waals surface area contributed by atoms with E-state index in [1.807, 2.05) is 20.8 Å². The van der Waals surface area contributed by atoms with Crippen molar-refractivity contribution in [3.63, 3.8) is 0 Å².